The summed E-state index contributed by atoms with van der Waals surface area (Å²) in [4.78, 5) is 39.7. The molecule has 0 aliphatic carbocycles. The standard InChI is InChI=1S/C31H33N7O4/c1-31(2,3)15-22(16-32)28(39)36-26-8-7-19(17-34-26)9-10-38-27-21(18-35-30(33-4)37-27)13-25(29(38)40)20-11-23(41-5)14-24(12-20)42-6/h7-8,11-15,17-18H,9-10H2,1-6H3,(H,33,35,37)(H,34,36,39). The van der Waals surface area contributed by atoms with E-state index < -0.39 is 5.91 Å². The number of methoxy groups -OCH3 is 2. The van der Waals surface area contributed by atoms with Gasteiger partial charge in [0.1, 0.15) is 34.6 Å². The molecule has 3 heterocycles. The van der Waals surface area contributed by atoms with E-state index in [2.05, 4.69) is 25.6 Å². The van der Waals surface area contributed by atoms with Crippen LogP contribution in [0.2, 0.25) is 0 Å². The number of hydrogen-bond acceptors (Lipinski definition) is 9. The molecule has 42 heavy (non-hydrogen) atoms. The van der Waals surface area contributed by atoms with Crippen molar-refractivity contribution >= 4 is 28.7 Å². The van der Waals surface area contributed by atoms with Crippen LogP contribution in [0.15, 0.2) is 65.2 Å². The Kier molecular flexibility index (Phi) is 8.86. The fourth-order valence-electron chi connectivity index (χ4n) is 4.31. The van der Waals surface area contributed by atoms with Gasteiger partial charge in [0.25, 0.3) is 11.5 Å². The van der Waals surface area contributed by atoms with Gasteiger partial charge in [-0.25, -0.2) is 9.97 Å². The normalized spacial score (nSPS) is 11.6. The fraction of sp³-hybridized carbons (Fsp3) is 0.290. The minimum atomic E-state index is -0.517. The van der Waals surface area contributed by atoms with Gasteiger partial charge in [0, 0.05) is 43.0 Å². The summed E-state index contributed by atoms with van der Waals surface area (Å²) in [5.74, 6) is 1.32. The highest BCUT2D eigenvalue weighted by atomic mass is 16.5. The van der Waals surface area contributed by atoms with Crippen LogP contribution in [0.5, 0.6) is 11.5 Å². The molecule has 0 unspecified atom stereocenters. The molecule has 11 nitrogen and oxygen atoms in total. The number of nitrogens with zero attached hydrogens (tertiary/aromatic N) is 5. The van der Waals surface area contributed by atoms with Gasteiger partial charge < -0.3 is 20.1 Å². The first-order valence-corrected chi connectivity index (χ1v) is 13.3. The van der Waals surface area contributed by atoms with Crippen LogP contribution in [-0.4, -0.2) is 46.7 Å². The van der Waals surface area contributed by atoms with Gasteiger partial charge in [0.15, 0.2) is 0 Å². The van der Waals surface area contributed by atoms with Crippen LogP contribution >= 0.6 is 0 Å². The van der Waals surface area contributed by atoms with Gasteiger partial charge in [-0.3, -0.25) is 14.2 Å². The number of amides is 1. The Morgan fingerprint density at radius 1 is 1.07 bits per heavy atom. The van der Waals surface area contributed by atoms with Crippen molar-refractivity contribution in [3.63, 3.8) is 0 Å². The van der Waals surface area contributed by atoms with E-state index in [0.29, 0.717) is 58.4 Å². The van der Waals surface area contributed by atoms with E-state index >= 15 is 0 Å². The third-order valence-corrected chi connectivity index (χ3v) is 6.35. The van der Waals surface area contributed by atoms with Crippen molar-refractivity contribution in [3.8, 4) is 28.7 Å². The third-order valence-electron chi connectivity index (χ3n) is 6.35. The van der Waals surface area contributed by atoms with E-state index in [1.54, 1.807) is 74.6 Å². The molecule has 0 bridgehead atoms. The van der Waals surface area contributed by atoms with Gasteiger partial charge in [-0.05, 0) is 47.2 Å². The lowest BCUT2D eigenvalue weighted by atomic mass is 9.93. The molecule has 0 aliphatic rings. The number of aryl methyl sites for hydroxylation is 2. The average molecular weight is 568 g/mol. The maximum Gasteiger partial charge on any atom is 0.267 e. The first-order chi connectivity index (χ1) is 20.0. The molecule has 216 valence electrons. The maximum absolute atomic E-state index is 13.9. The van der Waals surface area contributed by atoms with Gasteiger partial charge in [-0.1, -0.05) is 32.9 Å². The zero-order valence-corrected chi connectivity index (χ0v) is 24.5. The molecule has 2 N–H and O–H groups in total. The molecule has 4 rings (SSSR count). The number of benzene rings is 1. The number of hydrogen-bond donors (Lipinski definition) is 2. The van der Waals surface area contributed by atoms with Crippen molar-refractivity contribution in [2.75, 3.05) is 31.9 Å². The lowest BCUT2D eigenvalue weighted by molar-refractivity contribution is -0.112. The van der Waals surface area contributed by atoms with Crippen LogP contribution in [-0.2, 0) is 17.8 Å². The molecule has 0 fully saturated rings. The summed E-state index contributed by atoms with van der Waals surface area (Å²) >= 11 is 0. The molecular formula is C31H33N7O4. The summed E-state index contributed by atoms with van der Waals surface area (Å²) in [6.07, 6.45) is 5.39. The summed E-state index contributed by atoms with van der Waals surface area (Å²) in [5.41, 5.74) is 1.90. The second kappa shape index (κ2) is 12.5. The molecule has 3 aromatic heterocycles. The van der Waals surface area contributed by atoms with Crippen LogP contribution in [0.4, 0.5) is 11.8 Å². The molecule has 0 atom stereocenters. The molecule has 0 radical (unpaired) electrons. The Hall–Kier alpha value is -5.24. The van der Waals surface area contributed by atoms with Crippen LogP contribution in [0, 0.1) is 16.7 Å². The summed E-state index contributed by atoms with van der Waals surface area (Å²) in [6.45, 7) is 6.04. The number of rotatable bonds is 9. The van der Waals surface area contributed by atoms with E-state index in [0.717, 1.165) is 5.56 Å². The number of carbonyl (C=O) groups is 1. The topological polar surface area (TPSA) is 144 Å². The van der Waals surface area contributed by atoms with E-state index in [-0.39, 0.29) is 16.5 Å². The minimum Gasteiger partial charge on any atom is -0.497 e. The zero-order chi connectivity index (χ0) is 30.4. The van der Waals surface area contributed by atoms with Gasteiger partial charge in [0.2, 0.25) is 5.95 Å². The number of fused-ring (bicyclic) bond motifs is 1. The van der Waals surface area contributed by atoms with Gasteiger partial charge in [-0.2, -0.15) is 10.2 Å². The third kappa shape index (κ3) is 6.90. The number of ether oxygens (including phenoxy) is 2. The maximum atomic E-state index is 13.9. The van der Waals surface area contributed by atoms with Crippen LogP contribution < -0.4 is 25.7 Å². The lowest BCUT2D eigenvalue weighted by Crippen LogP contribution is -2.24. The highest BCUT2D eigenvalue weighted by molar-refractivity contribution is 6.06. The monoisotopic (exact) mass is 567 g/mol. The van der Waals surface area contributed by atoms with Crippen LogP contribution in [0.3, 0.4) is 0 Å². The summed E-state index contributed by atoms with van der Waals surface area (Å²) in [6, 6.07) is 12.5. The van der Waals surface area contributed by atoms with Crippen molar-refractivity contribution in [1.29, 1.82) is 5.26 Å². The second-order valence-corrected chi connectivity index (χ2v) is 10.6. The molecular weight excluding hydrogens is 534 g/mol. The van der Waals surface area contributed by atoms with Crippen LogP contribution in [0.1, 0.15) is 26.3 Å². The van der Waals surface area contributed by atoms with Gasteiger partial charge >= 0.3 is 0 Å². The van der Waals surface area contributed by atoms with Gasteiger partial charge in [0.05, 0.1) is 14.2 Å². The summed E-state index contributed by atoms with van der Waals surface area (Å²) in [5, 5.41) is 15.7. The average Bonchev–Trinajstić information content (AvgIpc) is 2.98. The van der Waals surface area contributed by atoms with E-state index in [1.807, 2.05) is 32.9 Å². The number of pyridine rings is 2. The quantitative estimate of drug-likeness (QED) is 0.219. The number of anilines is 2. The fourth-order valence-corrected chi connectivity index (χ4v) is 4.31. The van der Waals surface area contributed by atoms with Gasteiger partial charge in [-0.15, -0.1) is 0 Å². The largest absolute Gasteiger partial charge is 0.497 e. The first-order valence-electron chi connectivity index (χ1n) is 13.3. The number of carbonyl (C=O) groups excluding carboxylic acids is 1. The van der Waals surface area contributed by atoms with Crippen molar-refractivity contribution in [2.24, 2.45) is 5.41 Å². The predicted molar refractivity (Wildman–Crippen MR) is 162 cm³/mol. The number of allylic oxidation sites excluding steroid dienone is 1. The van der Waals surface area contributed by atoms with E-state index in [4.69, 9.17) is 9.47 Å². The van der Waals surface area contributed by atoms with Crippen molar-refractivity contribution < 1.29 is 14.3 Å². The summed E-state index contributed by atoms with van der Waals surface area (Å²) in [7, 11) is 4.82. The molecule has 1 amide bonds. The number of aromatic nitrogens is 4. The number of nitriles is 1. The Labute approximate surface area is 243 Å². The minimum absolute atomic E-state index is 0.0242. The molecule has 11 heteroatoms. The first kappa shape index (κ1) is 29.7. The van der Waals surface area contributed by atoms with E-state index in [1.165, 1.54) is 0 Å². The zero-order valence-electron chi connectivity index (χ0n) is 24.5. The smallest absolute Gasteiger partial charge is 0.267 e. The van der Waals surface area contributed by atoms with E-state index in [9.17, 15) is 14.9 Å². The molecule has 0 saturated heterocycles. The molecule has 0 aliphatic heterocycles. The van der Waals surface area contributed by atoms with Crippen molar-refractivity contribution in [2.45, 2.75) is 33.7 Å². The molecule has 0 spiro atoms. The SMILES string of the molecule is CNc1ncc2cc(-c3cc(OC)cc(OC)c3)c(=O)n(CCc3ccc(NC(=O)C(C#N)=CC(C)(C)C)nc3)c2n1. The summed E-state index contributed by atoms with van der Waals surface area (Å²) < 4.78 is 12.4. The van der Waals surface area contributed by atoms with Crippen molar-refractivity contribution in [3.05, 3.63) is 76.4 Å². The lowest BCUT2D eigenvalue weighted by Gasteiger charge is -2.14. The Balaban J connectivity index is 1.65. The highest BCUT2D eigenvalue weighted by Crippen LogP contribution is 2.29. The number of nitrogens with one attached hydrogen (secondary N) is 2. The molecule has 0 saturated carbocycles. The van der Waals surface area contributed by atoms with Crippen molar-refractivity contribution in [1.82, 2.24) is 19.5 Å². The highest BCUT2D eigenvalue weighted by Gasteiger charge is 2.17. The predicted octanol–water partition coefficient (Wildman–Crippen LogP) is 4.59. The Morgan fingerprint density at radius 3 is 2.36 bits per heavy atom. The molecule has 4 aromatic rings. The Morgan fingerprint density at radius 2 is 1.79 bits per heavy atom. The van der Waals surface area contributed by atoms with Crippen LogP contribution in [0.25, 0.3) is 22.2 Å². The Bertz CT molecular complexity index is 1720. The molecule has 1 aromatic carbocycles. The second-order valence-electron chi connectivity index (χ2n) is 10.6.